The van der Waals surface area contributed by atoms with Crippen molar-refractivity contribution in [3.05, 3.63) is 47.8 Å². The summed E-state index contributed by atoms with van der Waals surface area (Å²) in [5, 5.41) is 8.67. The molecule has 1 aliphatic rings. The molecule has 0 saturated carbocycles. The van der Waals surface area contributed by atoms with Crippen molar-refractivity contribution in [3.8, 4) is 11.4 Å². The zero-order valence-corrected chi connectivity index (χ0v) is 18.8. The van der Waals surface area contributed by atoms with E-state index < -0.39 is 23.8 Å². The minimum Gasteiger partial charge on any atom is -0.361 e. The third kappa shape index (κ3) is 5.11. The van der Waals surface area contributed by atoms with Crippen LogP contribution in [0.3, 0.4) is 0 Å². The summed E-state index contributed by atoms with van der Waals surface area (Å²) in [5.41, 5.74) is 0.917. The lowest BCUT2D eigenvalue weighted by atomic mass is 9.97. The first-order valence-corrected chi connectivity index (χ1v) is 10.9. The van der Waals surface area contributed by atoms with Crippen LogP contribution in [0.15, 0.2) is 30.6 Å². The van der Waals surface area contributed by atoms with Gasteiger partial charge in [0.1, 0.15) is 17.5 Å². The summed E-state index contributed by atoms with van der Waals surface area (Å²) in [5.74, 6) is -2.24. The maximum absolute atomic E-state index is 14.7. The lowest BCUT2D eigenvalue weighted by molar-refractivity contribution is 0.0939. The highest BCUT2D eigenvalue weighted by Crippen LogP contribution is 2.27. The summed E-state index contributed by atoms with van der Waals surface area (Å²) in [6.07, 6.45) is 2.12. The fourth-order valence-electron chi connectivity index (χ4n) is 3.64. The fourth-order valence-corrected chi connectivity index (χ4v) is 3.64. The molecule has 7 nitrogen and oxygen atoms in total. The van der Waals surface area contributed by atoms with Crippen molar-refractivity contribution in [1.82, 2.24) is 25.0 Å². The second-order valence-electron chi connectivity index (χ2n) is 9.44. The SMILES string of the molecule is CC(C)(C)CNC(=O)c1ccn2c(-c3nc(NC4CNCCC4F)c(F)cc3F)cnc2c1. The van der Waals surface area contributed by atoms with Crippen molar-refractivity contribution in [2.45, 2.75) is 39.4 Å². The third-order valence-electron chi connectivity index (χ3n) is 5.45. The lowest BCUT2D eigenvalue weighted by Gasteiger charge is -2.28. The van der Waals surface area contributed by atoms with Gasteiger partial charge in [0.05, 0.1) is 17.9 Å². The minimum atomic E-state index is -1.17. The van der Waals surface area contributed by atoms with Crippen LogP contribution in [-0.4, -0.2) is 52.1 Å². The average molecular weight is 461 g/mol. The summed E-state index contributed by atoms with van der Waals surface area (Å²) < 4.78 is 44.8. The van der Waals surface area contributed by atoms with Gasteiger partial charge in [-0.15, -0.1) is 0 Å². The Kier molecular flexibility index (Phi) is 6.29. The van der Waals surface area contributed by atoms with Gasteiger partial charge in [-0.3, -0.25) is 9.20 Å². The number of hydrogen-bond acceptors (Lipinski definition) is 5. The molecule has 176 valence electrons. The van der Waals surface area contributed by atoms with Crippen molar-refractivity contribution in [3.63, 3.8) is 0 Å². The molecule has 0 spiro atoms. The average Bonchev–Trinajstić information content (AvgIpc) is 3.18. The number of imidazole rings is 1. The molecule has 1 fully saturated rings. The van der Waals surface area contributed by atoms with E-state index in [4.69, 9.17) is 0 Å². The summed E-state index contributed by atoms with van der Waals surface area (Å²) in [6, 6.07) is 3.24. The highest BCUT2D eigenvalue weighted by Gasteiger charge is 2.27. The lowest BCUT2D eigenvalue weighted by Crippen LogP contribution is -2.46. The molecule has 33 heavy (non-hydrogen) atoms. The number of anilines is 1. The van der Waals surface area contributed by atoms with E-state index in [0.29, 0.717) is 37.3 Å². The second kappa shape index (κ2) is 9.01. The van der Waals surface area contributed by atoms with Crippen LogP contribution in [0.25, 0.3) is 17.0 Å². The number of piperidine rings is 1. The molecule has 0 aromatic carbocycles. The van der Waals surface area contributed by atoms with Gasteiger partial charge < -0.3 is 16.0 Å². The van der Waals surface area contributed by atoms with Crippen LogP contribution >= 0.6 is 0 Å². The molecule has 3 aromatic heterocycles. The number of amides is 1. The zero-order chi connectivity index (χ0) is 23.8. The quantitative estimate of drug-likeness (QED) is 0.542. The van der Waals surface area contributed by atoms with Crippen LogP contribution in [0, 0.1) is 17.0 Å². The summed E-state index contributed by atoms with van der Waals surface area (Å²) >= 11 is 0. The van der Waals surface area contributed by atoms with Gasteiger partial charge in [-0.1, -0.05) is 20.8 Å². The number of hydrogen-bond donors (Lipinski definition) is 3. The molecule has 0 radical (unpaired) electrons. The predicted octanol–water partition coefficient (Wildman–Crippen LogP) is 3.56. The Hall–Kier alpha value is -3.14. The number of alkyl halides is 1. The van der Waals surface area contributed by atoms with Gasteiger partial charge in [0, 0.05) is 30.9 Å². The standard InChI is InChI=1S/C23H27F3N6O/c1-23(2,3)12-29-22(33)13-5-7-32-18(11-28-19(32)8-13)20-15(25)9-16(26)21(31-20)30-17-10-27-6-4-14(17)24/h5,7-9,11,14,17,27H,4,6,10,12H2,1-3H3,(H,29,33)(H,30,31). The van der Waals surface area contributed by atoms with Gasteiger partial charge in [0.2, 0.25) is 0 Å². The van der Waals surface area contributed by atoms with Crippen LogP contribution in [-0.2, 0) is 0 Å². The van der Waals surface area contributed by atoms with E-state index in [-0.39, 0.29) is 28.5 Å². The summed E-state index contributed by atoms with van der Waals surface area (Å²) in [4.78, 5) is 20.8. The monoisotopic (exact) mass is 460 g/mol. The fraction of sp³-hybridized carbons (Fsp3) is 0.435. The molecule has 4 heterocycles. The van der Waals surface area contributed by atoms with Gasteiger partial charge in [-0.05, 0) is 30.5 Å². The Morgan fingerprint density at radius 1 is 1.27 bits per heavy atom. The van der Waals surface area contributed by atoms with Gasteiger partial charge >= 0.3 is 0 Å². The number of rotatable bonds is 5. The number of nitrogens with zero attached hydrogens (tertiary/aromatic N) is 3. The Morgan fingerprint density at radius 3 is 2.79 bits per heavy atom. The van der Waals surface area contributed by atoms with E-state index >= 15 is 0 Å². The molecule has 0 aliphatic carbocycles. The van der Waals surface area contributed by atoms with Crippen molar-refractivity contribution < 1.29 is 18.0 Å². The van der Waals surface area contributed by atoms with Crippen molar-refractivity contribution >= 4 is 17.4 Å². The maximum atomic E-state index is 14.7. The Labute approximate surface area is 189 Å². The van der Waals surface area contributed by atoms with Crippen molar-refractivity contribution in [2.75, 3.05) is 25.0 Å². The molecule has 2 atom stereocenters. The van der Waals surface area contributed by atoms with Crippen LogP contribution in [0.1, 0.15) is 37.6 Å². The number of carbonyl (C=O) groups is 1. The third-order valence-corrected chi connectivity index (χ3v) is 5.45. The molecule has 1 saturated heterocycles. The van der Waals surface area contributed by atoms with Crippen LogP contribution < -0.4 is 16.0 Å². The molecular weight excluding hydrogens is 433 g/mol. The van der Waals surface area contributed by atoms with Crippen LogP contribution in [0.2, 0.25) is 0 Å². The van der Waals surface area contributed by atoms with E-state index in [1.54, 1.807) is 22.7 Å². The largest absolute Gasteiger partial charge is 0.361 e. The number of fused-ring (bicyclic) bond motifs is 1. The molecular formula is C23H27F3N6O. The molecule has 0 bridgehead atoms. The van der Waals surface area contributed by atoms with Gasteiger partial charge in [0.15, 0.2) is 17.5 Å². The highest BCUT2D eigenvalue weighted by atomic mass is 19.1. The number of aromatic nitrogens is 3. The van der Waals surface area contributed by atoms with E-state index in [0.717, 1.165) is 6.07 Å². The molecule has 4 rings (SSSR count). The molecule has 3 aromatic rings. The number of carbonyl (C=O) groups excluding carboxylic acids is 1. The van der Waals surface area contributed by atoms with Crippen LogP contribution in [0.4, 0.5) is 19.0 Å². The molecule has 2 unspecified atom stereocenters. The summed E-state index contributed by atoms with van der Waals surface area (Å²) in [6.45, 7) is 7.41. The molecule has 3 N–H and O–H groups in total. The first kappa shape index (κ1) is 23.0. The van der Waals surface area contributed by atoms with Crippen molar-refractivity contribution in [2.24, 2.45) is 5.41 Å². The Balaban J connectivity index is 1.62. The molecule has 1 aliphatic heterocycles. The predicted molar refractivity (Wildman–Crippen MR) is 120 cm³/mol. The Morgan fingerprint density at radius 2 is 2.06 bits per heavy atom. The van der Waals surface area contributed by atoms with E-state index in [1.807, 2.05) is 20.8 Å². The zero-order valence-electron chi connectivity index (χ0n) is 18.8. The molecule has 10 heteroatoms. The topological polar surface area (TPSA) is 83.4 Å². The maximum Gasteiger partial charge on any atom is 0.251 e. The number of halogens is 3. The second-order valence-corrected chi connectivity index (χ2v) is 9.44. The van der Waals surface area contributed by atoms with E-state index in [1.165, 1.54) is 6.20 Å². The van der Waals surface area contributed by atoms with Gasteiger partial charge in [-0.25, -0.2) is 23.1 Å². The number of nitrogens with one attached hydrogen (secondary N) is 3. The molecule has 1 amide bonds. The minimum absolute atomic E-state index is 0.0619. The summed E-state index contributed by atoms with van der Waals surface area (Å²) in [7, 11) is 0. The normalized spacial score (nSPS) is 19.0. The van der Waals surface area contributed by atoms with Crippen LogP contribution in [0.5, 0.6) is 0 Å². The number of pyridine rings is 2. The first-order valence-electron chi connectivity index (χ1n) is 10.9. The van der Waals surface area contributed by atoms with Gasteiger partial charge in [-0.2, -0.15) is 0 Å². The van der Waals surface area contributed by atoms with Gasteiger partial charge in [0.25, 0.3) is 5.91 Å². The smallest absolute Gasteiger partial charge is 0.251 e. The highest BCUT2D eigenvalue weighted by molar-refractivity contribution is 5.95. The first-order chi connectivity index (χ1) is 15.6. The Bertz CT molecular complexity index is 1170. The van der Waals surface area contributed by atoms with Crippen molar-refractivity contribution in [1.29, 1.82) is 0 Å². The van der Waals surface area contributed by atoms with E-state index in [9.17, 15) is 18.0 Å². The van der Waals surface area contributed by atoms with E-state index in [2.05, 4.69) is 25.9 Å².